The molecule has 7 nitrogen and oxygen atoms in total. The summed E-state index contributed by atoms with van der Waals surface area (Å²) in [6, 6.07) is 4.27. The summed E-state index contributed by atoms with van der Waals surface area (Å²) in [5, 5.41) is 15.1. The zero-order valence-corrected chi connectivity index (χ0v) is 15.2. The molecule has 0 aliphatic rings. The highest BCUT2D eigenvalue weighted by Crippen LogP contribution is 2.33. The van der Waals surface area contributed by atoms with Gasteiger partial charge in [-0.3, -0.25) is 9.59 Å². The second kappa shape index (κ2) is 7.83. The van der Waals surface area contributed by atoms with Gasteiger partial charge in [0, 0.05) is 11.8 Å². The van der Waals surface area contributed by atoms with Crippen LogP contribution in [0.5, 0.6) is 0 Å². The maximum Gasteiger partial charge on any atom is 0.418 e. The Labute approximate surface area is 157 Å². The summed E-state index contributed by atoms with van der Waals surface area (Å²) >= 11 is 0. The topological polar surface area (TPSA) is 101 Å². The van der Waals surface area contributed by atoms with Crippen LogP contribution in [0.3, 0.4) is 0 Å². The largest absolute Gasteiger partial charge is 0.480 e. The van der Waals surface area contributed by atoms with Gasteiger partial charge in [0.2, 0.25) is 5.43 Å². The van der Waals surface area contributed by atoms with E-state index in [-0.39, 0.29) is 11.4 Å². The smallest absolute Gasteiger partial charge is 0.418 e. The number of hydrogen-bond donors (Lipinski definition) is 2. The fourth-order valence-electron chi connectivity index (χ4n) is 2.57. The molecular formula is C18H18F3N3O4. The highest BCUT2D eigenvalue weighted by atomic mass is 19.4. The SMILES string of the molecule is Cc1cc(=O)c(C(=O)NC(C(=O)O)C(C)C)nn1-c1ccccc1C(F)(F)F. The molecule has 1 aromatic heterocycles. The predicted octanol–water partition coefficient (Wildman–Crippen LogP) is 2.40. The van der Waals surface area contributed by atoms with Gasteiger partial charge in [0.05, 0.1) is 11.3 Å². The lowest BCUT2D eigenvalue weighted by Crippen LogP contribution is -2.46. The van der Waals surface area contributed by atoms with Crippen LogP contribution in [0.1, 0.15) is 35.6 Å². The average Bonchev–Trinajstić information content (AvgIpc) is 2.58. The molecule has 1 aromatic carbocycles. The zero-order chi connectivity index (χ0) is 21.2. The first-order valence-corrected chi connectivity index (χ1v) is 8.24. The quantitative estimate of drug-likeness (QED) is 0.807. The van der Waals surface area contributed by atoms with Gasteiger partial charge in [-0.05, 0) is 25.0 Å². The fourth-order valence-corrected chi connectivity index (χ4v) is 2.57. The molecule has 1 atom stereocenters. The summed E-state index contributed by atoms with van der Waals surface area (Å²) in [5.41, 5.74) is -2.80. The minimum Gasteiger partial charge on any atom is -0.480 e. The molecule has 2 aromatic rings. The van der Waals surface area contributed by atoms with Crippen LogP contribution in [-0.2, 0) is 11.0 Å². The molecule has 0 saturated carbocycles. The second-order valence-electron chi connectivity index (χ2n) is 6.46. The molecule has 0 aliphatic heterocycles. The fraction of sp³-hybridized carbons (Fsp3) is 0.333. The number of amides is 1. The Bertz CT molecular complexity index is 967. The molecule has 0 spiro atoms. The summed E-state index contributed by atoms with van der Waals surface area (Å²) in [6.07, 6.45) is -4.68. The van der Waals surface area contributed by atoms with Crippen molar-refractivity contribution in [2.75, 3.05) is 0 Å². The first-order chi connectivity index (χ1) is 12.9. The number of alkyl halides is 3. The van der Waals surface area contributed by atoms with Gasteiger partial charge in [0.1, 0.15) is 6.04 Å². The number of para-hydroxylation sites is 1. The number of aromatic nitrogens is 2. The molecule has 1 unspecified atom stereocenters. The van der Waals surface area contributed by atoms with Crippen LogP contribution < -0.4 is 10.7 Å². The van der Waals surface area contributed by atoms with Crippen LogP contribution in [-0.4, -0.2) is 32.8 Å². The van der Waals surface area contributed by atoms with E-state index in [0.717, 1.165) is 22.9 Å². The van der Waals surface area contributed by atoms with Crippen molar-refractivity contribution >= 4 is 11.9 Å². The maximum absolute atomic E-state index is 13.3. The number of hydrogen-bond acceptors (Lipinski definition) is 4. The van der Waals surface area contributed by atoms with Crippen LogP contribution in [0.4, 0.5) is 13.2 Å². The summed E-state index contributed by atoms with van der Waals surface area (Å²) in [7, 11) is 0. The Morgan fingerprint density at radius 1 is 1.21 bits per heavy atom. The number of carbonyl (C=O) groups is 2. The summed E-state index contributed by atoms with van der Waals surface area (Å²) in [5.74, 6) is -2.87. The van der Waals surface area contributed by atoms with Crippen LogP contribution in [0.25, 0.3) is 5.69 Å². The Kier molecular flexibility index (Phi) is 5.91. The molecule has 150 valence electrons. The number of aryl methyl sites for hydroxylation is 1. The maximum atomic E-state index is 13.3. The van der Waals surface area contributed by atoms with E-state index < -0.39 is 46.7 Å². The summed E-state index contributed by atoms with van der Waals surface area (Å²) in [4.78, 5) is 35.8. The molecule has 28 heavy (non-hydrogen) atoms. The Balaban J connectivity index is 2.57. The van der Waals surface area contributed by atoms with Crippen molar-refractivity contribution in [2.45, 2.75) is 33.0 Å². The lowest BCUT2D eigenvalue weighted by Gasteiger charge is -2.19. The van der Waals surface area contributed by atoms with E-state index in [2.05, 4.69) is 10.4 Å². The Morgan fingerprint density at radius 2 is 1.82 bits per heavy atom. The molecule has 0 fully saturated rings. The van der Waals surface area contributed by atoms with Crippen molar-refractivity contribution in [1.82, 2.24) is 15.1 Å². The molecule has 0 radical (unpaired) electrons. The van der Waals surface area contributed by atoms with E-state index in [0.29, 0.717) is 0 Å². The number of nitrogens with one attached hydrogen (secondary N) is 1. The highest BCUT2D eigenvalue weighted by molar-refractivity contribution is 5.94. The van der Waals surface area contributed by atoms with Gasteiger partial charge in [0.25, 0.3) is 5.91 Å². The number of carboxylic acids is 1. The minimum atomic E-state index is -4.68. The predicted molar refractivity (Wildman–Crippen MR) is 93.3 cm³/mol. The molecule has 2 rings (SSSR count). The number of carbonyl (C=O) groups excluding carboxylic acids is 1. The van der Waals surface area contributed by atoms with Crippen molar-refractivity contribution in [2.24, 2.45) is 5.92 Å². The Hall–Kier alpha value is -3.17. The van der Waals surface area contributed by atoms with E-state index >= 15 is 0 Å². The van der Waals surface area contributed by atoms with Gasteiger partial charge < -0.3 is 10.4 Å². The monoisotopic (exact) mass is 397 g/mol. The third kappa shape index (κ3) is 4.38. The van der Waals surface area contributed by atoms with Crippen LogP contribution in [0, 0.1) is 12.8 Å². The summed E-state index contributed by atoms with van der Waals surface area (Å²) in [6.45, 7) is 4.48. The molecular weight excluding hydrogens is 379 g/mol. The number of carboxylic acid groups (broad SMARTS) is 1. The number of rotatable bonds is 5. The van der Waals surface area contributed by atoms with E-state index in [4.69, 9.17) is 5.11 Å². The van der Waals surface area contributed by atoms with Gasteiger partial charge in [-0.1, -0.05) is 26.0 Å². The van der Waals surface area contributed by atoms with Gasteiger partial charge in [-0.25, -0.2) is 9.48 Å². The van der Waals surface area contributed by atoms with Crippen LogP contribution in [0.15, 0.2) is 35.1 Å². The van der Waals surface area contributed by atoms with E-state index in [1.165, 1.54) is 19.1 Å². The van der Waals surface area contributed by atoms with Gasteiger partial charge >= 0.3 is 12.1 Å². The molecule has 0 aliphatic carbocycles. The lowest BCUT2D eigenvalue weighted by molar-refractivity contribution is -0.140. The van der Waals surface area contributed by atoms with Gasteiger partial charge in [0.15, 0.2) is 5.69 Å². The van der Waals surface area contributed by atoms with Crippen LogP contribution >= 0.6 is 0 Å². The number of aliphatic carboxylic acids is 1. The molecule has 0 bridgehead atoms. The van der Waals surface area contributed by atoms with Crippen LogP contribution in [0.2, 0.25) is 0 Å². The van der Waals surface area contributed by atoms with Gasteiger partial charge in [-0.2, -0.15) is 18.3 Å². The molecule has 0 saturated heterocycles. The third-order valence-electron chi connectivity index (χ3n) is 3.98. The number of halogens is 3. The van der Waals surface area contributed by atoms with Crippen molar-refractivity contribution in [3.05, 3.63) is 57.5 Å². The highest BCUT2D eigenvalue weighted by Gasteiger charge is 2.34. The first kappa shape index (κ1) is 21.1. The van der Waals surface area contributed by atoms with E-state index in [9.17, 15) is 27.6 Å². The molecule has 2 N–H and O–H groups in total. The Morgan fingerprint density at radius 3 is 2.36 bits per heavy atom. The molecule has 1 amide bonds. The third-order valence-corrected chi connectivity index (χ3v) is 3.98. The zero-order valence-electron chi connectivity index (χ0n) is 15.2. The number of nitrogens with zero attached hydrogens (tertiary/aromatic N) is 2. The molecule has 10 heteroatoms. The van der Waals surface area contributed by atoms with E-state index in [1.54, 1.807) is 13.8 Å². The van der Waals surface area contributed by atoms with Crippen molar-refractivity contribution in [1.29, 1.82) is 0 Å². The van der Waals surface area contributed by atoms with Crippen molar-refractivity contribution in [3.63, 3.8) is 0 Å². The second-order valence-corrected chi connectivity index (χ2v) is 6.46. The molecule has 1 heterocycles. The summed E-state index contributed by atoms with van der Waals surface area (Å²) < 4.78 is 40.8. The van der Waals surface area contributed by atoms with E-state index in [1.807, 2.05) is 0 Å². The lowest BCUT2D eigenvalue weighted by atomic mass is 10.0. The van der Waals surface area contributed by atoms with Crippen molar-refractivity contribution in [3.8, 4) is 5.69 Å². The first-order valence-electron chi connectivity index (χ1n) is 8.24. The minimum absolute atomic E-state index is 0.0805. The normalized spacial score (nSPS) is 12.7. The average molecular weight is 397 g/mol. The standard InChI is InChI=1S/C18H18F3N3O4/c1-9(2)14(17(27)28)22-16(26)15-13(25)8-10(3)24(23-15)12-7-5-4-6-11(12)18(19,20)21/h4-9,14H,1-3H3,(H,22,26)(H,27,28). The van der Waals surface area contributed by atoms with Gasteiger partial charge in [-0.15, -0.1) is 0 Å². The van der Waals surface area contributed by atoms with Crippen molar-refractivity contribution < 1.29 is 27.9 Å². The number of benzene rings is 1.